The van der Waals surface area contributed by atoms with Crippen molar-refractivity contribution in [3.8, 4) is 22.4 Å². The molecule has 0 amide bonds. The molecule has 0 radical (unpaired) electrons. The normalized spacial score (nSPS) is 14.3. The number of pyridine rings is 2. The van der Waals surface area contributed by atoms with Crippen LogP contribution in [0.5, 0.6) is 0 Å². The number of nitrogens with zero attached hydrogens (tertiary/aromatic N) is 2. The minimum atomic E-state index is -0.0641. The third kappa shape index (κ3) is 2.10. The monoisotopic (exact) mass is 391 g/mol. The zero-order chi connectivity index (χ0) is 20.6. The fourth-order valence-corrected chi connectivity index (χ4v) is 5.18. The number of hydrogen-bond donors (Lipinski definition) is 0. The van der Waals surface area contributed by atoms with E-state index in [0.717, 1.165) is 33.2 Å². The first kappa shape index (κ1) is 17.4. The molecular formula is C27H23N2O+. The lowest BCUT2D eigenvalue weighted by molar-refractivity contribution is -0.660. The Labute approximate surface area is 175 Å². The van der Waals surface area contributed by atoms with Crippen LogP contribution in [0, 0.1) is 6.92 Å². The lowest BCUT2D eigenvalue weighted by Gasteiger charge is -2.20. The number of aryl methyl sites for hydroxylation is 2. The number of rotatable bonds is 1. The van der Waals surface area contributed by atoms with E-state index in [4.69, 9.17) is 4.42 Å². The molecule has 3 heteroatoms. The Balaban J connectivity index is 1.77. The van der Waals surface area contributed by atoms with Crippen molar-refractivity contribution < 1.29 is 8.98 Å². The molecule has 0 bridgehead atoms. The molecule has 0 unspecified atom stereocenters. The predicted molar refractivity (Wildman–Crippen MR) is 120 cm³/mol. The Bertz CT molecular complexity index is 1490. The van der Waals surface area contributed by atoms with Crippen molar-refractivity contribution in [3.05, 3.63) is 83.8 Å². The Morgan fingerprint density at radius 3 is 2.43 bits per heavy atom. The molecule has 0 spiro atoms. The highest BCUT2D eigenvalue weighted by Crippen LogP contribution is 2.52. The van der Waals surface area contributed by atoms with Crippen molar-refractivity contribution in [3.63, 3.8) is 0 Å². The van der Waals surface area contributed by atoms with Crippen LogP contribution in [0.15, 0.2) is 71.5 Å². The molecule has 1 aliphatic rings. The zero-order valence-electron chi connectivity index (χ0n) is 17.7. The summed E-state index contributed by atoms with van der Waals surface area (Å²) in [6.45, 7) is 6.72. The average molecular weight is 391 g/mol. The van der Waals surface area contributed by atoms with E-state index in [1.54, 1.807) is 0 Å². The van der Waals surface area contributed by atoms with E-state index >= 15 is 0 Å². The summed E-state index contributed by atoms with van der Waals surface area (Å²) >= 11 is 0. The molecule has 1 aliphatic carbocycles. The molecule has 30 heavy (non-hydrogen) atoms. The van der Waals surface area contributed by atoms with Gasteiger partial charge in [0.1, 0.15) is 18.2 Å². The standard InChI is InChI=1S/C27H23N2O/c1-16-8-9-17-18-10-11-21-24(19-15-28-13-12-20(19)27(21,2)3)26(18)30-25(17)23(16)22-7-5-6-14-29(22)4/h5-15H,1-4H3/q+1. The first-order chi connectivity index (χ1) is 14.5. The molecule has 0 saturated heterocycles. The maximum Gasteiger partial charge on any atom is 0.216 e. The summed E-state index contributed by atoms with van der Waals surface area (Å²) in [7, 11) is 2.08. The van der Waals surface area contributed by atoms with Gasteiger partial charge in [0, 0.05) is 51.8 Å². The van der Waals surface area contributed by atoms with Gasteiger partial charge in [0.25, 0.3) is 0 Å². The van der Waals surface area contributed by atoms with Crippen LogP contribution in [0.4, 0.5) is 0 Å². The minimum absolute atomic E-state index is 0.0641. The molecule has 5 aromatic rings. The van der Waals surface area contributed by atoms with Crippen molar-refractivity contribution in [1.82, 2.24) is 4.98 Å². The molecule has 0 N–H and O–H groups in total. The molecule has 3 aromatic heterocycles. The average Bonchev–Trinajstić information content (AvgIpc) is 3.22. The molecule has 146 valence electrons. The van der Waals surface area contributed by atoms with Crippen LogP contribution in [-0.2, 0) is 12.5 Å². The fourth-order valence-electron chi connectivity index (χ4n) is 5.18. The first-order valence-corrected chi connectivity index (χ1v) is 10.4. The second kappa shape index (κ2) is 5.79. The van der Waals surface area contributed by atoms with E-state index in [1.807, 2.05) is 12.4 Å². The van der Waals surface area contributed by atoms with Crippen molar-refractivity contribution in [2.45, 2.75) is 26.2 Å². The number of hydrogen-bond acceptors (Lipinski definition) is 2. The van der Waals surface area contributed by atoms with Gasteiger partial charge in [-0.2, -0.15) is 0 Å². The maximum absolute atomic E-state index is 6.73. The number of benzene rings is 2. The first-order valence-electron chi connectivity index (χ1n) is 10.4. The summed E-state index contributed by atoms with van der Waals surface area (Å²) in [6.07, 6.45) is 5.95. The van der Waals surface area contributed by atoms with E-state index in [2.05, 4.69) is 92.1 Å². The van der Waals surface area contributed by atoms with E-state index in [-0.39, 0.29) is 5.41 Å². The lowest BCUT2D eigenvalue weighted by atomic mass is 9.82. The third-order valence-corrected chi connectivity index (χ3v) is 6.77. The van der Waals surface area contributed by atoms with Crippen LogP contribution in [0.2, 0.25) is 0 Å². The quantitative estimate of drug-likeness (QED) is 0.324. The van der Waals surface area contributed by atoms with Crippen LogP contribution < -0.4 is 4.57 Å². The summed E-state index contributed by atoms with van der Waals surface area (Å²) in [5.74, 6) is 0. The largest absolute Gasteiger partial charge is 0.454 e. The van der Waals surface area contributed by atoms with Gasteiger partial charge in [-0.05, 0) is 35.7 Å². The molecule has 6 rings (SSSR count). The Morgan fingerprint density at radius 1 is 0.867 bits per heavy atom. The number of fused-ring (bicyclic) bond motifs is 7. The summed E-state index contributed by atoms with van der Waals surface area (Å²) in [5.41, 5.74) is 10.4. The number of furan rings is 1. The van der Waals surface area contributed by atoms with Gasteiger partial charge in [0.2, 0.25) is 5.69 Å². The van der Waals surface area contributed by atoms with E-state index in [9.17, 15) is 0 Å². The maximum atomic E-state index is 6.73. The van der Waals surface area contributed by atoms with Crippen LogP contribution in [-0.4, -0.2) is 4.98 Å². The van der Waals surface area contributed by atoms with Crippen molar-refractivity contribution >= 4 is 21.9 Å². The molecule has 0 aliphatic heterocycles. The molecule has 0 atom stereocenters. The van der Waals surface area contributed by atoms with E-state index in [1.165, 1.54) is 27.8 Å². The Hall–Kier alpha value is -3.46. The van der Waals surface area contributed by atoms with E-state index in [0.29, 0.717) is 0 Å². The molecule has 3 heterocycles. The van der Waals surface area contributed by atoms with Crippen LogP contribution in [0.25, 0.3) is 44.3 Å². The molecule has 0 fully saturated rings. The summed E-state index contributed by atoms with van der Waals surface area (Å²) in [4.78, 5) is 4.43. The van der Waals surface area contributed by atoms with E-state index < -0.39 is 0 Å². The van der Waals surface area contributed by atoms with Crippen LogP contribution in [0.3, 0.4) is 0 Å². The summed E-state index contributed by atoms with van der Waals surface area (Å²) in [6, 6.07) is 17.3. The van der Waals surface area contributed by atoms with Gasteiger partial charge < -0.3 is 4.42 Å². The number of aromatic nitrogens is 2. The van der Waals surface area contributed by atoms with Gasteiger partial charge in [-0.15, -0.1) is 0 Å². The summed E-state index contributed by atoms with van der Waals surface area (Å²) < 4.78 is 8.88. The minimum Gasteiger partial charge on any atom is -0.454 e. The molecular weight excluding hydrogens is 368 g/mol. The topological polar surface area (TPSA) is 29.9 Å². The highest BCUT2D eigenvalue weighted by Gasteiger charge is 2.38. The Morgan fingerprint density at radius 2 is 1.63 bits per heavy atom. The molecule has 2 aromatic carbocycles. The highest BCUT2D eigenvalue weighted by molar-refractivity contribution is 6.14. The summed E-state index contributed by atoms with van der Waals surface area (Å²) in [5, 5.41) is 2.32. The smallest absolute Gasteiger partial charge is 0.216 e. The van der Waals surface area contributed by atoms with Crippen LogP contribution in [0.1, 0.15) is 30.5 Å². The Kier molecular flexibility index (Phi) is 3.36. The van der Waals surface area contributed by atoms with Gasteiger partial charge in [-0.1, -0.05) is 38.1 Å². The second-order valence-corrected chi connectivity index (χ2v) is 8.84. The van der Waals surface area contributed by atoms with Crippen LogP contribution >= 0.6 is 0 Å². The van der Waals surface area contributed by atoms with Crippen molar-refractivity contribution in [2.24, 2.45) is 7.05 Å². The molecule has 3 nitrogen and oxygen atoms in total. The van der Waals surface area contributed by atoms with Crippen molar-refractivity contribution in [2.75, 3.05) is 0 Å². The molecule has 0 saturated carbocycles. The van der Waals surface area contributed by atoms with Gasteiger partial charge in [-0.3, -0.25) is 4.98 Å². The van der Waals surface area contributed by atoms with Gasteiger partial charge in [0.05, 0.1) is 5.56 Å². The van der Waals surface area contributed by atoms with Gasteiger partial charge >= 0.3 is 0 Å². The predicted octanol–water partition coefficient (Wildman–Crippen LogP) is 6.09. The third-order valence-electron chi connectivity index (χ3n) is 6.77. The fraction of sp³-hybridized carbons (Fsp3) is 0.185. The van der Waals surface area contributed by atoms with Crippen molar-refractivity contribution in [1.29, 1.82) is 0 Å². The second-order valence-electron chi connectivity index (χ2n) is 8.84. The van der Waals surface area contributed by atoms with Gasteiger partial charge in [-0.25, -0.2) is 4.57 Å². The SMILES string of the molecule is Cc1ccc2c(oc3c4c(ccc32)C(C)(C)c2ccncc2-4)c1-c1cccc[n+]1C. The lowest BCUT2D eigenvalue weighted by Crippen LogP contribution is -2.30. The van der Waals surface area contributed by atoms with Gasteiger partial charge in [0.15, 0.2) is 6.20 Å². The highest BCUT2D eigenvalue weighted by atomic mass is 16.3. The zero-order valence-corrected chi connectivity index (χ0v) is 17.7.